The molecule has 3 rings (SSSR count). The predicted molar refractivity (Wildman–Crippen MR) is 123 cm³/mol. The Balaban J connectivity index is 2.22. The maximum atomic E-state index is 14.6. The lowest BCUT2D eigenvalue weighted by atomic mass is 10.1. The first-order chi connectivity index (χ1) is 13.7. The third-order valence-electron chi connectivity index (χ3n) is 4.67. The van der Waals surface area contributed by atoms with Gasteiger partial charge in [-0.2, -0.15) is 0 Å². The highest BCUT2D eigenvalue weighted by Crippen LogP contribution is 2.62. The Morgan fingerprint density at radius 3 is 1.59 bits per heavy atom. The van der Waals surface area contributed by atoms with Crippen molar-refractivity contribution in [1.82, 2.24) is 0 Å². The molecule has 0 aromatic heterocycles. The van der Waals surface area contributed by atoms with Crippen LogP contribution in [0.4, 0.5) is 0 Å². The second kappa shape index (κ2) is 8.61. The van der Waals surface area contributed by atoms with Gasteiger partial charge < -0.3 is 9.67 Å². The van der Waals surface area contributed by atoms with E-state index in [1.54, 1.807) is 12.1 Å². The monoisotopic (exact) mass is 424 g/mol. The van der Waals surface area contributed by atoms with Gasteiger partial charge in [0.05, 0.1) is 0 Å². The number of hydrogen-bond acceptors (Lipinski definition) is 3. The third kappa shape index (κ3) is 4.83. The van der Waals surface area contributed by atoms with E-state index in [0.29, 0.717) is 16.2 Å². The molecule has 0 amide bonds. The van der Waals surface area contributed by atoms with Crippen LogP contribution in [0, 0.1) is 27.7 Å². The summed E-state index contributed by atoms with van der Waals surface area (Å²) in [5.74, 6) is -0.991. The molecule has 0 fully saturated rings. The predicted octanol–water partition coefficient (Wildman–Crippen LogP) is 5.71. The van der Waals surface area contributed by atoms with E-state index in [9.17, 15) is 14.5 Å². The van der Waals surface area contributed by atoms with Gasteiger partial charge in [0.15, 0.2) is 6.34 Å². The Kier molecular flexibility index (Phi) is 6.36. The molecule has 1 N–H and O–H groups in total. The van der Waals surface area contributed by atoms with Crippen LogP contribution in [0.25, 0.3) is 0 Å². The highest BCUT2D eigenvalue weighted by Gasteiger charge is 2.36. The number of carboxylic acid groups (broad SMARTS) is 1. The van der Waals surface area contributed by atoms with Crippen molar-refractivity contribution in [3.8, 4) is 0 Å². The fourth-order valence-corrected chi connectivity index (χ4v) is 9.13. The standard InChI is InChI=1S/C24H25O3PS/c1-16-10-17(2)13-21(12-16)28(27,22-14-18(3)11-19(4)15-22)29-23(24(25)26)20-8-6-5-7-9-20/h5-15,23H,1-4H3,(H,25,26). The quantitative estimate of drug-likeness (QED) is 0.515. The highest BCUT2D eigenvalue weighted by atomic mass is 32.7. The number of carbonyl (C=O) groups is 1. The van der Waals surface area contributed by atoms with E-state index in [-0.39, 0.29) is 0 Å². The molecule has 0 aliphatic rings. The smallest absolute Gasteiger partial charge is 0.321 e. The van der Waals surface area contributed by atoms with Gasteiger partial charge in [-0.25, -0.2) is 0 Å². The Bertz CT molecular complexity index is 997. The summed E-state index contributed by atoms with van der Waals surface area (Å²) >= 11 is 1.05. The minimum atomic E-state index is -3.27. The molecule has 150 valence electrons. The van der Waals surface area contributed by atoms with Gasteiger partial charge in [0.1, 0.15) is 5.25 Å². The number of hydrogen-bond donors (Lipinski definition) is 1. The fourth-order valence-electron chi connectivity index (χ4n) is 3.54. The van der Waals surface area contributed by atoms with Crippen molar-refractivity contribution >= 4 is 34.3 Å². The van der Waals surface area contributed by atoms with Crippen LogP contribution in [-0.2, 0) is 9.36 Å². The summed E-state index contributed by atoms with van der Waals surface area (Å²) < 4.78 is 14.6. The fraction of sp³-hybridized carbons (Fsp3) is 0.208. The minimum Gasteiger partial charge on any atom is -0.480 e. The van der Waals surface area contributed by atoms with E-state index in [1.165, 1.54) is 0 Å². The summed E-state index contributed by atoms with van der Waals surface area (Å²) in [6.07, 6.45) is -3.27. The van der Waals surface area contributed by atoms with Crippen molar-refractivity contribution in [2.75, 3.05) is 0 Å². The molecule has 0 saturated heterocycles. The molecule has 29 heavy (non-hydrogen) atoms. The summed E-state index contributed by atoms with van der Waals surface area (Å²) in [7, 11) is 0. The molecule has 3 nitrogen and oxygen atoms in total. The molecule has 3 aromatic carbocycles. The van der Waals surface area contributed by atoms with Gasteiger partial charge in [0.2, 0.25) is 0 Å². The summed E-state index contributed by atoms with van der Waals surface area (Å²) in [6, 6.07) is 20.8. The molecule has 1 unspecified atom stereocenters. The SMILES string of the molecule is Cc1cc(C)cc(P(=O)(SC(C(=O)O)c2ccccc2)c2cc(C)cc(C)c2)c1. The van der Waals surface area contributed by atoms with Crippen LogP contribution < -0.4 is 10.6 Å². The molecule has 0 aliphatic carbocycles. The zero-order chi connectivity index (χ0) is 21.2. The molecule has 0 radical (unpaired) electrons. The van der Waals surface area contributed by atoms with E-state index in [4.69, 9.17) is 0 Å². The van der Waals surface area contributed by atoms with E-state index < -0.39 is 17.6 Å². The van der Waals surface area contributed by atoms with Gasteiger partial charge in [-0.1, -0.05) is 76.1 Å². The topological polar surface area (TPSA) is 54.4 Å². The Morgan fingerprint density at radius 2 is 1.21 bits per heavy atom. The normalized spacial score (nSPS) is 12.6. The van der Waals surface area contributed by atoms with Crippen LogP contribution in [0.1, 0.15) is 33.1 Å². The molecule has 0 bridgehead atoms. The van der Waals surface area contributed by atoms with Crippen molar-refractivity contribution in [2.45, 2.75) is 32.9 Å². The molecular weight excluding hydrogens is 399 g/mol. The number of aryl methyl sites for hydroxylation is 4. The van der Waals surface area contributed by atoms with Crippen LogP contribution in [-0.4, -0.2) is 11.1 Å². The maximum Gasteiger partial charge on any atom is 0.321 e. The van der Waals surface area contributed by atoms with Crippen LogP contribution in [0.5, 0.6) is 0 Å². The Hall–Kier alpha value is -2.29. The zero-order valence-corrected chi connectivity index (χ0v) is 18.8. The zero-order valence-electron chi connectivity index (χ0n) is 17.0. The number of aliphatic carboxylic acids is 1. The minimum absolute atomic E-state index is 0.638. The van der Waals surface area contributed by atoms with Gasteiger partial charge in [-0.3, -0.25) is 4.79 Å². The number of carboxylic acids is 1. The lowest BCUT2D eigenvalue weighted by Crippen LogP contribution is -2.18. The maximum absolute atomic E-state index is 14.6. The first kappa shape index (κ1) is 21.4. The largest absolute Gasteiger partial charge is 0.480 e. The first-order valence-electron chi connectivity index (χ1n) is 9.43. The first-order valence-corrected chi connectivity index (χ1v) is 12.6. The highest BCUT2D eigenvalue weighted by molar-refractivity contribution is 8.62. The summed E-state index contributed by atoms with van der Waals surface area (Å²) in [5, 5.41) is 10.4. The van der Waals surface area contributed by atoms with E-state index in [0.717, 1.165) is 33.6 Å². The Labute approximate surface area is 176 Å². The lowest BCUT2D eigenvalue weighted by molar-refractivity contribution is -0.136. The van der Waals surface area contributed by atoms with Crippen molar-refractivity contribution in [2.24, 2.45) is 0 Å². The van der Waals surface area contributed by atoms with Crippen molar-refractivity contribution < 1.29 is 14.5 Å². The van der Waals surface area contributed by atoms with Gasteiger partial charge in [0.25, 0.3) is 0 Å². The molecule has 3 aromatic rings. The van der Waals surface area contributed by atoms with Crippen LogP contribution in [0.15, 0.2) is 66.7 Å². The van der Waals surface area contributed by atoms with Crippen molar-refractivity contribution in [1.29, 1.82) is 0 Å². The molecule has 1 atom stereocenters. The summed E-state index contributed by atoms with van der Waals surface area (Å²) in [5.41, 5.74) is 4.68. The average Bonchev–Trinajstić information content (AvgIpc) is 2.65. The summed E-state index contributed by atoms with van der Waals surface area (Å²) in [6.45, 7) is 7.88. The van der Waals surface area contributed by atoms with Gasteiger partial charge in [-0.05, 0) is 57.5 Å². The molecule has 0 aliphatic heterocycles. The van der Waals surface area contributed by atoms with Crippen molar-refractivity contribution in [3.63, 3.8) is 0 Å². The van der Waals surface area contributed by atoms with E-state index >= 15 is 0 Å². The lowest BCUT2D eigenvalue weighted by Gasteiger charge is -2.24. The Morgan fingerprint density at radius 1 is 0.793 bits per heavy atom. The molecule has 0 spiro atoms. The molecule has 0 saturated carbocycles. The molecule has 5 heteroatoms. The second-order valence-electron chi connectivity index (χ2n) is 7.48. The van der Waals surface area contributed by atoms with E-state index in [2.05, 4.69) is 0 Å². The van der Waals surface area contributed by atoms with Crippen molar-refractivity contribution in [3.05, 3.63) is 94.5 Å². The third-order valence-corrected chi connectivity index (χ3v) is 10.3. The van der Waals surface area contributed by atoms with Crippen LogP contribution in [0.3, 0.4) is 0 Å². The van der Waals surface area contributed by atoms with Crippen LogP contribution >= 0.6 is 17.7 Å². The van der Waals surface area contributed by atoms with Gasteiger partial charge in [0, 0.05) is 10.6 Å². The average molecular weight is 425 g/mol. The van der Waals surface area contributed by atoms with Gasteiger partial charge in [-0.15, -0.1) is 0 Å². The van der Waals surface area contributed by atoms with E-state index in [1.807, 2.05) is 82.3 Å². The summed E-state index contributed by atoms with van der Waals surface area (Å²) in [4.78, 5) is 12.2. The van der Waals surface area contributed by atoms with Crippen LogP contribution in [0.2, 0.25) is 0 Å². The molecule has 0 heterocycles. The molecular formula is C24H25O3PS. The number of rotatable bonds is 6. The second-order valence-corrected chi connectivity index (χ2v) is 12.5. The van der Waals surface area contributed by atoms with Gasteiger partial charge >= 0.3 is 5.97 Å². The number of benzene rings is 3.